The molecule has 5 nitrogen and oxygen atoms in total. The highest BCUT2D eigenvalue weighted by Crippen LogP contribution is 2.34. The molecule has 2 rings (SSSR count). The van der Waals surface area contributed by atoms with E-state index in [-0.39, 0.29) is 6.10 Å². The Bertz CT molecular complexity index is 363. The fraction of sp³-hybridized carbons (Fsp3) is 0.938. The van der Waals surface area contributed by atoms with Crippen molar-refractivity contribution >= 4 is 5.97 Å². The number of likely N-dealkylation sites (N-methyl/N-ethyl adjacent to an activating group) is 1. The third-order valence-electron chi connectivity index (χ3n) is 5.28. The van der Waals surface area contributed by atoms with Gasteiger partial charge in [-0.25, -0.2) is 0 Å². The Hall–Kier alpha value is -0.650. The number of carboxylic acid groups (broad SMARTS) is 1. The standard InChI is InChI=1S/C16H30N2O3/c1-4-9-17-16(15(19)20)8-5-6-13(11-16)18(3)14-7-10-21-12(14)2/h12-14,17H,4-11H2,1-3H3,(H,19,20). The van der Waals surface area contributed by atoms with Crippen molar-refractivity contribution in [1.82, 2.24) is 10.2 Å². The fourth-order valence-corrected chi connectivity index (χ4v) is 3.91. The normalized spacial score (nSPS) is 37.0. The third kappa shape index (κ3) is 3.58. The van der Waals surface area contributed by atoms with Gasteiger partial charge in [-0.2, -0.15) is 0 Å². The molecule has 122 valence electrons. The summed E-state index contributed by atoms with van der Waals surface area (Å²) in [4.78, 5) is 14.2. The number of carboxylic acids is 1. The molecule has 1 saturated carbocycles. The Labute approximate surface area is 128 Å². The third-order valence-corrected chi connectivity index (χ3v) is 5.28. The molecule has 1 heterocycles. The zero-order valence-corrected chi connectivity index (χ0v) is 13.6. The minimum absolute atomic E-state index is 0.250. The molecule has 0 aromatic carbocycles. The summed E-state index contributed by atoms with van der Waals surface area (Å²) in [6.45, 7) is 5.79. The summed E-state index contributed by atoms with van der Waals surface area (Å²) in [5.41, 5.74) is -0.740. The molecule has 0 aromatic rings. The number of rotatable bonds is 6. The van der Waals surface area contributed by atoms with Crippen LogP contribution in [0.5, 0.6) is 0 Å². The van der Waals surface area contributed by atoms with Crippen LogP contribution < -0.4 is 5.32 Å². The van der Waals surface area contributed by atoms with E-state index in [9.17, 15) is 9.90 Å². The summed E-state index contributed by atoms with van der Waals surface area (Å²) in [7, 11) is 2.14. The molecule has 1 saturated heterocycles. The van der Waals surface area contributed by atoms with Crippen LogP contribution in [0, 0.1) is 0 Å². The first-order chi connectivity index (χ1) is 10.00. The van der Waals surface area contributed by atoms with Gasteiger partial charge >= 0.3 is 5.97 Å². The van der Waals surface area contributed by atoms with Crippen LogP contribution in [0.3, 0.4) is 0 Å². The summed E-state index contributed by atoms with van der Waals surface area (Å²) in [5.74, 6) is -0.690. The van der Waals surface area contributed by atoms with Gasteiger partial charge in [0, 0.05) is 18.7 Å². The van der Waals surface area contributed by atoms with E-state index in [0.29, 0.717) is 18.5 Å². The summed E-state index contributed by atoms with van der Waals surface area (Å²) in [6, 6.07) is 0.749. The average molecular weight is 298 g/mol. The van der Waals surface area contributed by atoms with Crippen LogP contribution in [-0.2, 0) is 9.53 Å². The largest absolute Gasteiger partial charge is 0.480 e. The maximum Gasteiger partial charge on any atom is 0.323 e. The smallest absolute Gasteiger partial charge is 0.323 e. The molecule has 21 heavy (non-hydrogen) atoms. The number of ether oxygens (including phenoxy) is 1. The van der Waals surface area contributed by atoms with Gasteiger partial charge in [-0.15, -0.1) is 0 Å². The molecular weight excluding hydrogens is 268 g/mol. The Morgan fingerprint density at radius 3 is 2.81 bits per heavy atom. The van der Waals surface area contributed by atoms with Crippen molar-refractivity contribution < 1.29 is 14.6 Å². The van der Waals surface area contributed by atoms with Crippen LogP contribution in [0.25, 0.3) is 0 Å². The first kappa shape index (κ1) is 16.7. The zero-order valence-electron chi connectivity index (χ0n) is 13.6. The van der Waals surface area contributed by atoms with Gasteiger partial charge in [0.1, 0.15) is 5.54 Å². The maximum absolute atomic E-state index is 11.8. The SMILES string of the molecule is CCCNC1(C(=O)O)CCCC(N(C)C2CCOC2C)C1. The Morgan fingerprint density at radius 2 is 2.24 bits per heavy atom. The molecule has 0 bridgehead atoms. The van der Waals surface area contributed by atoms with Crippen LogP contribution in [0.4, 0.5) is 0 Å². The Kier molecular flexibility index (Phi) is 5.63. The summed E-state index contributed by atoms with van der Waals surface area (Å²) in [5, 5.41) is 13.0. The molecule has 4 unspecified atom stereocenters. The molecule has 0 spiro atoms. The lowest BCUT2D eigenvalue weighted by molar-refractivity contribution is -0.147. The van der Waals surface area contributed by atoms with Crippen molar-refractivity contribution in [3.63, 3.8) is 0 Å². The van der Waals surface area contributed by atoms with Crippen molar-refractivity contribution in [3.8, 4) is 0 Å². The van der Waals surface area contributed by atoms with E-state index in [0.717, 1.165) is 45.3 Å². The topological polar surface area (TPSA) is 61.8 Å². The number of hydrogen-bond acceptors (Lipinski definition) is 4. The van der Waals surface area contributed by atoms with E-state index in [2.05, 4.69) is 31.1 Å². The molecular formula is C16H30N2O3. The second-order valence-corrected chi connectivity index (χ2v) is 6.66. The zero-order chi connectivity index (χ0) is 15.5. The van der Waals surface area contributed by atoms with Gasteiger partial charge in [0.15, 0.2) is 0 Å². The molecule has 1 aliphatic heterocycles. The Balaban J connectivity index is 2.05. The number of carbonyl (C=O) groups is 1. The van der Waals surface area contributed by atoms with Crippen molar-refractivity contribution in [2.24, 2.45) is 0 Å². The molecule has 2 N–H and O–H groups in total. The Morgan fingerprint density at radius 1 is 1.48 bits per heavy atom. The van der Waals surface area contributed by atoms with Crippen molar-refractivity contribution in [3.05, 3.63) is 0 Å². The quantitative estimate of drug-likeness (QED) is 0.784. The van der Waals surface area contributed by atoms with Gasteiger partial charge in [-0.1, -0.05) is 6.92 Å². The van der Waals surface area contributed by atoms with Crippen molar-refractivity contribution in [1.29, 1.82) is 0 Å². The maximum atomic E-state index is 11.8. The van der Waals surface area contributed by atoms with Crippen LogP contribution >= 0.6 is 0 Å². The highest BCUT2D eigenvalue weighted by molar-refractivity contribution is 5.79. The van der Waals surface area contributed by atoms with E-state index in [1.807, 2.05) is 0 Å². The van der Waals surface area contributed by atoms with E-state index in [4.69, 9.17) is 4.74 Å². The van der Waals surface area contributed by atoms with E-state index < -0.39 is 11.5 Å². The highest BCUT2D eigenvalue weighted by Gasteiger charge is 2.45. The minimum Gasteiger partial charge on any atom is -0.480 e. The summed E-state index contributed by atoms with van der Waals surface area (Å²) < 4.78 is 5.67. The van der Waals surface area contributed by atoms with Crippen LogP contribution in [0.1, 0.15) is 52.4 Å². The second-order valence-electron chi connectivity index (χ2n) is 6.66. The van der Waals surface area contributed by atoms with Crippen LogP contribution in [0.2, 0.25) is 0 Å². The fourth-order valence-electron chi connectivity index (χ4n) is 3.91. The molecule has 4 atom stereocenters. The predicted octanol–water partition coefficient (Wildman–Crippen LogP) is 1.86. The first-order valence-electron chi connectivity index (χ1n) is 8.32. The van der Waals surface area contributed by atoms with Gasteiger partial charge < -0.3 is 15.2 Å². The lowest BCUT2D eigenvalue weighted by Crippen LogP contribution is -2.59. The molecule has 5 heteroatoms. The van der Waals surface area contributed by atoms with Gasteiger partial charge in [-0.3, -0.25) is 9.69 Å². The average Bonchev–Trinajstić information content (AvgIpc) is 2.90. The number of hydrogen-bond donors (Lipinski definition) is 2. The van der Waals surface area contributed by atoms with Crippen LogP contribution in [-0.4, -0.2) is 59.9 Å². The summed E-state index contributed by atoms with van der Waals surface area (Å²) in [6.07, 6.45) is 5.76. The lowest BCUT2D eigenvalue weighted by atomic mass is 9.78. The first-order valence-corrected chi connectivity index (χ1v) is 8.32. The highest BCUT2D eigenvalue weighted by atomic mass is 16.5. The molecule has 1 aliphatic carbocycles. The second kappa shape index (κ2) is 7.07. The van der Waals surface area contributed by atoms with E-state index >= 15 is 0 Å². The number of nitrogens with one attached hydrogen (secondary N) is 1. The predicted molar refractivity (Wildman–Crippen MR) is 82.5 cm³/mol. The van der Waals surface area contributed by atoms with Crippen molar-refractivity contribution in [2.75, 3.05) is 20.2 Å². The van der Waals surface area contributed by atoms with E-state index in [1.54, 1.807) is 0 Å². The molecule has 2 aliphatic rings. The van der Waals surface area contributed by atoms with Gasteiger partial charge in [0.05, 0.1) is 6.10 Å². The summed E-state index contributed by atoms with van der Waals surface area (Å²) >= 11 is 0. The molecule has 0 aromatic heterocycles. The number of nitrogens with zero attached hydrogens (tertiary/aromatic N) is 1. The van der Waals surface area contributed by atoms with E-state index in [1.165, 1.54) is 0 Å². The molecule has 2 fully saturated rings. The molecule has 0 radical (unpaired) electrons. The van der Waals surface area contributed by atoms with Crippen molar-refractivity contribution in [2.45, 2.75) is 76.1 Å². The van der Waals surface area contributed by atoms with Gasteiger partial charge in [0.25, 0.3) is 0 Å². The monoisotopic (exact) mass is 298 g/mol. The van der Waals surface area contributed by atoms with Crippen LogP contribution in [0.15, 0.2) is 0 Å². The lowest BCUT2D eigenvalue weighted by Gasteiger charge is -2.44. The minimum atomic E-state index is -0.740. The number of aliphatic carboxylic acids is 1. The van der Waals surface area contributed by atoms with Gasteiger partial charge in [-0.05, 0) is 59.0 Å². The molecule has 0 amide bonds. The van der Waals surface area contributed by atoms with Gasteiger partial charge in [0.2, 0.25) is 0 Å².